The van der Waals surface area contributed by atoms with Gasteiger partial charge >= 0.3 is 29.3 Å². The third kappa shape index (κ3) is 17.3. The normalized spacial score (nSPS) is 13.1. The van der Waals surface area contributed by atoms with Crippen LogP contribution >= 0.6 is 29.3 Å². The molecule has 0 aliphatic heterocycles. The van der Waals surface area contributed by atoms with Crippen LogP contribution in [-0.2, 0) is 50.8 Å². The van der Waals surface area contributed by atoms with Gasteiger partial charge in [0, 0.05) is 7.05 Å². The van der Waals surface area contributed by atoms with Gasteiger partial charge in [-0.1, -0.05) is 9.56 Å². The fraction of sp³-hybridized carbons (Fsp3) is 0.462. The Hall–Kier alpha value is -3.19. The Morgan fingerprint density at radius 3 is 1.15 bits per heavy atom. The first-order valence-corrected chi connectivity index (χ1v) is 26.8. The van der Waals surface area contributed by atoms with Gasteiger partial charge in [-0.2, -0.15) is 5.10 Å². The number of hydrogen-bond donors (Lipinski definition) is 0. The molecule has 0 amide bonds. The second kappa shape index (κ2) is 24.4. The van der Waals surface area contributed by atoms with Crippen molar-refractivity contribution in [2.24, 2.45) is 15.3 Å². The standard InChI is InChI=1S/C39H58N6O9P4S2/c1-29(2)51-57(46,52-30(3)4)39(58(47,53-31(5)6)54-32(7)8)28-43(9)40-25-33-15-21-37(22-16-33)49-56(60)45(11)42-27-35-17-23-38(24-18-35)50-55(59)44(10)41-26-34-13-19-36(48-12)20-14-34/h13-27,29-32,39H,28H2,1-12H3/q+2/b40-25+,41-26+,42-27+. The van der Waals surface area contributed by atoms with Crippen molar-refractivity contribution in [3.05, 3.63) is 89.5 Å². The van der Waals surface area contributed by atoms with Crippen molar-refractivity contribution in [2.75, 3.05) is 34.8 Å². The lowest BCUT2D eigenvalue weighted by molar-refractivity contribution is 0.118. The molecule has 3 rings (SSSR count). The lowest BCUT2D eigenvalue weighted by Gasteiger charge is -2.36. The Labute approximate surface area is 367 Å². The monoisotopic (exact) mass is 942 g/mol. The van der Waals surface area contributed by atoms with Crippen molar-refractivity contribution < 1.29 is 41.0 Å². The van der Waals surface area contributed by atoms with Gasteiger partial charge in [0.25, 0.3) is 0 Å². The van der Waals surface area contributed by atoms with Crippen LogP contribution < -0.4 is 13.8 Å². The van der Waals surface area contributed by atoms with Gasteiger partial charge in [0.2, 0.25) is 23.6 Å². The van der Waals surface area contributed by atoms with Crippen molar-refractivity contribution in [1.82, 2.24) is 14.6 Å². The topological polar surface area (TPSA) is 146 Å². The molecular formula is C39H58N6O9P4S2+2. The molecule has 0 aliphatic carbocycles. The maximum Gasteiger partial charge on any atom is 0.540 e. The molecule has 0 bridgehead atoms. The summed E-state index contributed by atoms with van der Waals surface area (Å²) in [4.78, 5) is 0. The molecule has 0 saturated carbocycles. The van der Waals surface area contributed by atoms with E-state index >= 15 is 0 Å². The lowest BCUT2D eigenvalue weighted by atomic mass is 10.2. The molecule has 15 nitrogen and oxygen atoms in total. The fourth-order valence-electron chi connectivity index (χ4n) is 4.93. The number of hydrazone groups is 3. The van der Waals surface area contributed by atoms with E-state index in [-0.39, 0.29) is 6.54 Å². The van der Waals surface area contributed by atoms with Crippen molar-refractivity contribution in [3.63, 3.8) is 0 Å². The molecule has 2 unspecified atom stereocenters. The molecule has 328 valence electrons. The van der Waals surface area contributed by atoms with E-state index in [2.05, 4.69) is 15.3 Å². The number of benzene rings is 3. The minimum absolute atomic E-state index is 0.105. The fourth-order valence-corrected chi connectivity index (χ4v) is 12.7. The van der Waals surface area contributed by atoms with Crippen LogP contribution in [0.3, 0.4) is 0 Å². The molecule has 3 aromatic carbocycles. The Bertz CT molecular complexity index is 1960. The summed E-state index contributed by atoms with van der Waals surface area (Å²) in [6, 6.07) is 22.1. The maximum absolute atomic E-state index is 14.5. The first-order valence-electron chi connectivity index (χ1n) is 19.1. The summed E-state index contributed by atoms with van der Waals surface area (Å²) in [5, 5.41) is 13.6. The van der Waals surface area contributed by atoms with E-state index in [1.807, 2.05) is 60.7 Å². The summed E-state index contributed by atoms with van der Waals surface area (Å²) in [7, 11) is -4.31. The van der Waals surface area contributed by atoms with E-state index in [0.29, 0.717) is 11.5 Å². The Morgan fingerprint density at radius 2 is 0.850 bits per heavy atom. The minimum atomic E-state index is -4.08. The average molecular weight is 943 g/mol. The molecule has 60 heavy (non-hydrogen) atoms. The zero-order valence-corrected chi connectivity index (χ0v) is 41.4. The van der Waals surface area contributed by atoms with E-state index in [1.54, 1.807) is 124 Å². The van der Waals surface area contributed by atoms with Crippen LogP contribution in [0.4, 0.5) is 0 Å². The predicted molar refractivity (Wildman–Crippen MR) is 251 cm³/mol. The molecule has 0 aliphatic rings. The van der Waals surface area contributed by atoms with Gasteiger partial charge in [-0.25, -0.2) is 0 Å². The van der Waals surface area contributed by atoms with Gasteiger partial charge in [-0.05, 0) is 145 Å². The Morgan fingerprint density at radius 1 is 0.550 bits per heavy atom. The highest BCUT2D eigenvalue weighted by atomic mass is 32.4. The second-order valence-electron chi connectivity index (χ2n) is 14.3. The van der Waals surface area contributed by atoms with E-state index < -0.39 is 59.2 Å². The highest BCUT2D eigenvalue weighted by Crippen LogP contribution is 2.72. The summed E-state index contributed by atoms with van der Waals surface area (Å²) < 4.78 is 72.9. The number of nitrogens with zero attached hydrogens (tertiary/aromatic N) is 6. The van der Waals surface area contributed by atoms with Gasteiger partial charge in [-0.15, -0.1) is 10.2 Å². The lowest BCUT2D eigenvalue weighted by Crippen LogP contribution is -2.31. The van der Waals surface area contributed by atoms with Gasteiger partial charge in [0.05, 0.1) is 70.8 Å². The zero-order chi connectivity index (χ0) is 44.6. The number of hydrogen-bond acceptors (Lipinski definition) is 15. The Balaban J connectivity index is 1.61. The summed E-state index contributed by atoms with van der Waals surface area (Å²) >= 11 is 11.2. The average Bonchev–Trinajstić information content (AvgIpc) is 3.17. The Kier molecular flexibility index (Phi) is 20.8. The van der Waals surface area contributed by atoms with E-state index in [0.717, 1.165) is 22.4 Å². The summed E-state index contributed by atoms with van der Waals surface area (Å²) in [6.07, 6.45) is 3.06. The van der Waals surface area contributed by atoms with Gasteiger partial charge in [0.15, 0.2) is 16.9 Å². The van der Waals surface area contributed by atoms with Crippen LogP contribution in [0.5, 0.6) is 17.2 Å². The van der Waals surface area contributed by atoms with Gasteiger partial charge in [0.1, 0.15) is 5.75 Å². The highest BCUT2D eigenvalue weighted by Gasteiger charge is 2.53. The summed E-state index contributed by atoms with van der Waals surface area (Å²) in [6.45, 7) is 13.8. The predicted octanol–water partition coefficient (Wildman–Crippen LogP) is 10.6. The van der Waals surface area contributed by atoms with E-state index in [9.17, 15) is 9.13 Å². The SMILES string of the molecule is COc1ccc(/C=N/N(C)[P+](=S)Oc2ccc(/C=N/N(C)[P+](=S)Oc3ccc(/C=N/N(C)CC(P(=O)(OC(C)C)OC(C)C)P(=O)(OC(C)C)OC(C)C)cc3)cc2)cc1. The summed E-state index contributed by atoms with van der Waals surface area (Å²) in [5.74, 6) is 1.94. The van der Waals surface area contributed by atoms with Crippen molar-refractivity contribution in [3.8, 4) is 17.2 Å². The summed E-state index contributed by atoms with van der Waals surface area (Å²) in [5.41, 5.74) is 2.49. The molecule has 0 fully saturated rings. The number of rotatable bonds is 25. The van der Waals surface area contributed by atoms with Crippen molar-refractivity contribution >= 4 is 71.6 Å². The molecule has 0 radical (unpaired) electrons. The second-order valence-corrected chi connectivity index (χ2v) is 23.3. The highest BCUT2D eigenvalue weighted by molar-refractivity contribution is 8.02. The van der Waals surface area contributed by atoms with Crippen LogP contribution in [0.25, 0.3) is 0 Å². The van der Waals surface area contributed by atoms with E-state index in [1.165, 1.54) is 5.01 Å². The van der Waals surface area contributed by atoms with Crippen LogP contribution in [0.1, 0.15) is 72.1 Å². The molecule has 0 aromatic heterocycles. The quantitative estimate of drug-likeness (QED) is 0.0451. The third-order valence-corrected chi connectivity index (χ3v) is 17.6. The molecular weight excluding hydrogens is 884 g/mol. The van der Waals surface area contributed by atoms with Crippen LogP contribution in [0.15, 0.2) is 88.1 Å². The molecule has 0 spiro atoms. The molecule has 0 N–H and O–H groups in total. The molecule has 3 aromatic rings. The number of methoxy groups -OCH3 is 1. The van der Waals surface area contributed by atoms with Crippen LogP contribution in [0, 0.1) is 0 Å². The molecule has 0 saturated heterocycles. The van der Waals surface area contributed by atoms with Crippen molar-refractivity contribution in [2.45, 2.75) is 85.2 Å². The maximum atomic E-state index is 14.5. The van der Waals surface area contributed by atoms with Gasteiger partial charge < -0.3 is 22.8 Å². The first kappa shape index (κ1) is 51.2. The molecule has 21 heteroatoms. The van der Waals surface area contributed by atoms with Crippen LogP contribution in [0.2, 0.25) is 0 Å². The minimum Gasteiger partial charge on any atom is -0.497 e. The zero-order valence-electron chi connectivity index (χ0n) is 36.2. The van der Waals surface area contributed by atoms with Crippen LogP contribution in [-0.4, -0.2) is 97.8 Å². The van der Waals surface area contributed by atoms with Gasteiger partial charge in [-0.3, -0.25) is 23.2 Å². The molecule has 0 heterocycles. The smallest absolute Gasteiger partial charge is 0.497 e. The van der Waals surface area contributed by atoms with Crippen molar-refractivity contribution in [1.29, 1.82) is 0 Å². The molecule has 2 atom stereocenters. The van der Waals surface area contributed by atoms with E-state index in [4.69, 9.17) is 55.5 Å². The largest absolute Gasteiger partial charge is 0.540 e. The third-order valence-electron chi connectivity index (χ3n) is 7.46. The first-order chi connectivity index (χ1) is 28.2. The number of ether oxygens (including phenoxy) is 1.